The van der Waals surface area contributed by atoms with E-state index in [0.717, 1.165) is 18.4 Å². The van der Waals surface area contributed by atoms with Crippen LogP contribution < -0.4 is 4.74 Å². The molecule has 1 fully saturated rings. The molecule has 2 rings (SSSR count). The second-order valence-corrected chi connectivity index (χ2v) is 4.05. The Kier molecular flexibility index (Phi) is 2.51. The van der Waals surface area contributed by atoms with Gasteiger partial charge in [-0.2, -0.15) is 4.99 Å². The highest BCUT2D eigenvalue weighted by Crippen LogP contribution is 2.50. The fraction of sp³-hybridized carbons (Fsp3) is 0.364. The molecule has 0 radical (unpaired) electrons. The van der Waals surface area contributed by atoms with Gasteiger partial charge in [-0.25, -0.2) is 4.79 Å². The minimum absolute atomic E-state index is 0.389. The van der Waals surface area contributed by atoms with Gasteiger partial charge in [-0.05, 0) is 36.6 Å². The zero-order chi connectivity index (χ0) is 10.9. The van der Waals surface area contributed by atoms with E-state index in [-0.39, 0.29) is 5.54 Å². The molecule has 0 aromatic heterocycles. The summed E-state index contributed by atoms with van der Waals surface area (Å²) in [4.78, 5) is 14.2. The van der Waals surface area contributed by atoms with Gasteiger partial charge in [0.1, 0.15) is 5.75 Å². The standard InChI is InChI=1S/C11H10ClNO2/c1-15-10-5-8(4-9(12)6-10)11(2-3-11)13-7-14/h4-6H,2-3H2,1H3. The van der Waals surface area contributed by atoms with Crippen LogP contribution in [-0.4, -0.2) is 13.2 Å². The molecule has 1 aromatic rings. The molecule has 15 heavy (non-hydrogen) atoms. The Hall–Kier alpha value is -1.31. The summed E-state index contributed by atoms with van der Waals surface area (Å²) in [6.45, 7) is 0. The van der Waals surface area contributed by atoms with E-state index in [0.29, 0.717) is 10.8 Å². The topological polar surface area (TPSA) is 38.7 Å². The van der Waals surface area contributed by atoms with Crippen LogP contribution >= 0.6 is 11.6 Å². The van der Waals surface area contributed by atoms with Crippen molar-refractivity contribution in [1.82, 2.24) is 0 Å². The number of benzene rings is 1. The molecule has 3 nitrogen and oxygen atoms in total. The van der Waals surface area contributed by atoms with Crippen LogP contribution in [0, 0.1) is 0 Å². The summed E-state index contributed by atoms with van der Waals surface area (Å²) >= 11 is 5.94. The van der Waals surface area contributed by atoms with Gasteiger partial charge in [0.15, 0.2) is 0 Å². The Morgan fingerprint density at radius 3 is 2.73 bits per heavy atom. The van der Waals surface area contributed by atoms with Crippen LogP contribution in [-0.2, 0) is 10.3 Å². The fourth-order valence-electron chi connectivity index (χ4n) is 1.62. The number of hydrogen-bond donors (Lipinski definition) is 0. The molecule has 0 atom stereocenters. The largest absolute Gasteiger partial charge is 0.497 e. The lowest BCUT2D eigenvalue weighted by atomic mass is 10.1. The lowest BCUT2D eigenvalue weighted by Gasteiger charge is -2.10. The molecule has 0 saturated heterocycles. The van der Waals surface area contributed by atoms with Crippen molar-refractivity contribution in [2.45, 2.75) is 18.4 Å². The first-order valence-corrected chi connectivity index (χ1v) is 5.02. The molecular formula is C11H10ClNO2. The summed E-state index contributed by atoms with van der Waals surface area (Å²) < 4.78 is 5.11. The first-order valence-electron chi connectivity index (χ1n) is 4.64. The minimum atomic E-state index is -0.389. The summed E-state index contributed by atoms with van der Waals surface area (Å²) in [5.74, 6) is 0.685. The van der Waals surface area contributed by atoms with Crippen molar-refractivity contribution in [2.24, 2.45) is 4.99 Å². The number of isocyanates is 1. The normalized spacial score (nSPS) is 16.7. The molecule has 1 aromatic carbocycles. The predicted octanol–water partition coefficient (Wildman–Crippen LogP) is 2.67. The molecule has 0 bridgehead atoms. The van der Waals surface area contributed by atoms with Gasteiger partial charge in [0.25, 0.3) is 0 Å². The van der Waals surface area contributed by atoms with E-state index < -0.39 is 0 Å². The average molecular weight is 224 g/mol. The summed E-state index contributed by atoms with van der Waals surface area (Å²) in [6.07, 6.45) is 3.35. The van der Waals surface area contributed by atoms with Crippen LogP contribution in [0.3, 0.4) is 0 Å². The molecule has 0 unspecified atom stereocenters. The quantitative estimate of drug-likeness (QED) is 0.584. The third-order valence-corrected chi connectivity index (χ3v) is 2.85. The fourth-order valence-corrected chi connectivity index (χ4v) is 1.85. The Labute approximate surface area is 92.7 Å². The van der Waals surface area contributed by atoms with Crippen LogP contribution in [0.1, 0.15) is 18.4 Å². The van der Waals surface area contributed by atoms with Crippen molar-refractivity contribution in [3.63, 3.8) is 0 Å². The molecule has 78 valence electrons. The first-order chi connectivity index (χ1) is 7.20. The molecule has 0 heterocycles. The SMILES string of the molecule is COc1cc(Cl)cc(C2(N=C=O)CC2)c1. The van der Waals surface area contributed by atoms with Crippen molar-refractivity contribution in [2.75, 3.05) is 7.11 Å². The van der Waals surface area contributed by atoms with Gasteiger partial charge in [-0.1, -0.05) is 11.6 Å². The highest BCUT2D eigenvalue weighted by Gasteiger charge is 2.45. The van der Waals surface area contributed by atoms with Gasteiger partial charge < -0.3 is 4.74 Å². The lowest BCUT2D eigenvalue weighted by Crippen LogP contribution is -2.02. The van der Waals surface area contributed by atoms with Crippen LogP contribution in [0.25, 0.3) is 0 Å². The van der Waals surface area contributed by atoms with E-state index in [9.17, 15) is 4.79 Å². The van der Waals surface area contributed by atoms with Gasteiger partial charge in [-0.3, -0.25) is 0 Å². The number of rotatable bonds is 3. The summed E-state index contributed by atoms with van der Waals surface area (Å²) in [5, 5.41) is 0.594. The number of methoxy groups -OCH3 is 1. The second kappa shape index (κ2) is 3.69. The van der Waals surface area contributed by atoms with Crippen LogP contribution in [0.2, 0.25) is 5.02 Å². The van der Waals surface area contributed by atoms with E-state index in [1.54, 1.807) is 19.3 Å². The van der Waals surface area contributed by atoms with Gasteiger partial charge >= 0.3 is 0 Å². The Morgan fingerprint density at radius 1 is 1.47 bits per heavy atom. The minimum Gasteiger partial charge on any atom is -0.497 e. The summed E-state index contributed by atoms with van der Waals surface area (Å²) in [5.41, 5.74) is 0.537. The van der Waals surface area contributed by atoms with E-state index in [4.69, 9.17) is 16.3 Å². The van der Waals surface area contributed by atoms with Crippen LogP contribution in [0.15, 0.2) is 23.2 Å². The Balaban J connectivity index is 2.44. The zero-order valence-electron chi connectivity index (χ0n) is 8.29. The Morgan fingerprint density at radius 2 is 2.20 bits per heavy atom. The summed E-state index contributed by atoms with van der Waals surface area (Å²) in [7, 11) is 1.58. The van der Waals surface area contributed by atoms with Crippen molar-refractivity contribution < 1.29 is 9.53 Å². The van der Waals surface area contributed by atoms with Gasteiger partial charge in [0.05, 0.1) is 12.6 Å². The highest BCUT2D eigenvalue weighted by molar-refractivity contribution is 6.30. The maximum atomic E-state index is 10.3. The number of halogens is 1. The average Bonchev–Trinajstić information content (AvgIpc) is 2.98. The maximum Gasteiger partial charge on any atom is 0.235 e. The second-order valence-electron chi connectivity index (χ2n) is 3.61. The van der Waals surface area contributed by atoms with E-state index in [1.807, 2.05) is 12.1 Å². The third-order valence-electron chi connectivity index (χ3n) is 2.63. The first kappa shape index (κ1) is 10.2. The molecule has 0 amide bonds. The zero-order valence-corrected chi connectivity index (χ0v) is 9.04. The number of aliphatic imine (C=N–C) groups is 1. The van der Waals surface area contributed by atoms with Crippen molar-refractivity contribution >= 4 is 17.7 Å². The Bertz CT molecular complexity index is 434. The third kappa shape index (κ3) is 1.89. The van der Waals surface area contributed by atoms with Crippen molar-refractivity contribution in [3.8, 4) is 5.75 Å². The molecule has 1 aliphatic rings. The molecule has 0 aliphatic heterocycles. The van der Waals surface area contributed by atoms with Crippen LogP contribution in [0.4, 0.5) is 0 Å². The van der Waals surface area contributed by atoms with Crippen molar-refractivity contribution in [3.05, 3.63) is 28.8 Å². The molecule has 4 heteroatoms. The number of ether oxygens (including phenoxy) is 1. The van der Waals surface area contributed by atoms with Gasteiger partial charge in [-0.15, -0.1) is 0 Å². The maximum absolute atomic E-state index is 10.3. The number of hydrogen-bond acceptors (Lipinski definition) is 3. The smallest absolute Gasteiger partial charge is 0.235 e. The van der Waals surface area contributed by atoms with E-state index >= 15 is 0 Å². The molecule has 1 aliphatic carbocycles. The number of nitrogens with zero attached hydrogens (tertiary/aromatic N) is 1. The van der Waals surface area contributed by atoms with E-state index in [2.05, 4.69) is 4.99 Å². The molecule has 0 spiro atoms. The van der Waals surface area contributed by atoms with Gasteiger partial charge in [0.2, 0.25) is 6.08 Å². The molecule has 1 saturated carbocycles. The highest BCUT2D eigenvalue weighted by atomic mass is 35.5. The number of carbonyl (C=O) groups excluding carboxylic acids is 1. The molecule has 0 N–H and O–H groups in total. The van der Waals surface area contributed by atoms with Crippen molar-refractivity contribution in [1.29, 1.82) is 0 Å². The monoisotopic (exact) mass is 223 g/mol. The lowest BCUT2D eigenvalue weighted by molar-refractivity contribution is 0.413. The predicted molar refractivity (Wildman–Crippen MR) is 57.0 cm³/mol. The van der Waals surface area contributed by atoms with Gasteiger partial charge in [0, 0.05) is 5.02 Å². The van der Waals surface area contributed by atoms with E-state index in [1.165, 1.54) is 0 Å². The molecular weight excluding hydrogens is 214 g/mol. The summed E-state index contributed by atoms with van der Waals surface area (Å²) in [6, 6.07) is 5.41. The van der Waals surface area contributed by atoms with Crippen LogP contribution in [0.5, 0.6) is 5.75 Å².